The maximum absolute atomic E-state index is 9.67. The van der Waals surface area contributed by atoms with E-state index in [0.29, 0.717) is 6.42 Å². The SMILES string of the molecule is CCCO[Si]([O-])([O-])[O-].[Rb+].[Rb+].[Rb+]. The van der Waals surface area contributed by atoms with Crippen LogP contribution in [-0.4, -0.2) is 15.7 Å². The Hall–Kier alpha value is 5.47. The van der Waals surface area contributed by atoms with Gasteiger partial charge < -0.3 is 18.8 Å². The third-order valence-corrected chi connectivity index (χ3v) is 1.04. The molecular formula is C3H7O4Rb3Si. The van der Waals surface area contributed by atoms with Crippen molar-refractivity contribution in [3.8, 4) is 0 Å². The molecule has 0 aromatic rings. The molecule has 0 radical (unpaired) electrons. The molecule has 4 nitrogen and oxygen atoms in total. The van der Waals surface area contributed by atoms with Crippen LogP contribution < -0.4 is 189 Å². The van der Waals surface area contributed by atoms with Crippen LogP contribution in [0, 0.1) is 0 Å². The van der Waals surface area contributed by atoms with E-state index in [1.54, 1.807) is 6.92 Å². The predicted molar refractivity (Wildman–Crippen MR) is 22.0 cm³/mol. The van der Waals surface area contributed by atoms with E-state index in [9.17, 15) is 14.4 Å². The van der Waals surface area contributed by atoms with E-state index >= 15 is 0 Å². The predicted octanol–water partition coefficient (Wildman–Crippen LogP) is -12.1. The normalized spacial score (nSPS) is 8.73. The Morgan fingerprint density at radius 2 is 1.45 bits per heavy atom. The van der Waals surface area contributed by atoms with Gasteiger partial charge in [-0.25, -0.2) is 0 Å². The first-order chi connectivity index (χ1) is 3.56. The van der Waals surface area contributed by atoms with Crippen molar-refractivity contribution < 1.29 is 193 Å². The topological polar surface area (TPSA) is 78.4 Å². The molecule has 0 aromatic carbocycles. The van der Waals surface area contributed by atoms with Gasteiger partial charge in [0.2, 0.25) is 0 Å². The van der Waals surface area contributed by atoms with E-state index in [2.05, 4.69) is 4.43 Å². The molecule has 50 valence electrons. The molecule has 0 bridgehead atoms. The van der Waals surface area contributed by atoms with E-state index in [0.717, 1.165) is 0 Å². The molecule has 0 heterocycles. The van der Waals surface area contributed by atoms with Gasteiger partial charge in [-0.3, -0.25) is 0 Å². The first-order valence-corrected chi connectivity index (χ1v) is 3.95. The molecule has 0 atom stereocenters. The molecule has 0 aromatic heterocycles. The van der Waals surface area contributed by atoms with Crippen molar-refractivity contribution in [3.63, 3.8) is 0 Å². The minimum atomic E-state index is -4.93. The fourth-order valence-electron chi connectivity index (χ4n) is 0.227. The Bertz CT molecular complexity index is 68.1. The van der Waals surface area contributed by atoms with Crippen LogP contribution in [-0.2, 0) is 4.43 Å². The van der Waals surface area contributed by atoms with Gasteiger partial charge >= 0.3 is 175 Å². The number of hydrogen-bond donors (Lipinski definition) is 0. The Morgan fingerprint density at radius 3 is 1.55 bits per heavy atom. The zero-order valence-electron chi connectivity index (χ0n) is 7.55. The summed E-state index contributed by atoms with van der Waals surface area (Å²) in [5.74, 6) is 0. The third-order valence-electron chi connectivity index (χ3n) is 0.483. The van der Waals surface area contributed by atoms with Gasteiger partial charge in [0, 0.05) is 6.61 Å². The summed E-state index contributed by atoms with van der Waals surface area (Å²) in [6.07, 6.45) is 0.543. The van der Waals surface area contributed by atoms with Gasteiger partial charge in [0.1, 0.15) is 0 Å². The Morgan fingerprint density at radius 1 is 1.09 bits per heavy atom. The molecule has 0 aliphatic rings. The molecule has 0 N–H and O–H groups in total. The molecule has 8 heteroatoms. The van der Waals surface area contributed by atoms with Gasteiger partial charge in [-0.05, 0) is 6.42 Å². The van der Waals surface area contributed by atoms with E-state index in [1.807, 2.05) is 0 Å². The first-order valence-electron chi connectivity index (χ1n) is 2.31. The number of rotatable bonds is 3. The smallest absolute Gasteiger partial charge is 0.861 e. The van der Waals surface area contributed by atoms with Crippen LogP contribution in [0.4, 0.5) is 0 Å². The Labute approximate surface area is 215 Å². The van der Waals surface area contributed by atoms with Gasteiger partial charge in [0.25, 0.3) is 0 Å². The van der Waals surface area contributed by atoms with Gasteiger partial charge in [-0.2, -0.15) is 0 Å². The van der Waals surface area contributed by atoms with Crippen LogP contribution in [0.1, 0.15) is 13.3 Å². The second-order valence-electron chi connectivity index (χ2n) is 1.35. The van der Waals surface area contributed by atoms with Gasteiger partial charge in [-0.15, -0.1) is 9.05 Å². The summed E-state index contributed by atoms with van der Waals surface area (Å²) in [4.78, 5) is 29.0. The average Bonchev–Trinajstić information content (AvgIpc) is 1.59. The minimum Gasteiger partial charge on any atom is -0.861 e. The molecule has 11 heavy (non-hydrogen) atoms. The second-order valence-corrected chi connectivity index (χ2v) is 2.64. The van der Waals surface area contributed by atoms with Crippen molar-refractivity contribution in [2.45, 2.75) is 13.3 Å². The number of hydrogen-bond acceptors (Lipinski definition) is 4. The van der Waals surface area contributed by atoms with Crippen molar-refractivity contribution >= 4 is 9.05 Å². The van der Waals surface area contributed by atoms with E-state index in [-0.39, 0.29) is 181 Å². The standard InChI is InChI=1S/C3H7O4Si.3Rb/c1-2-3-7-8(4,5)6;;;/h2-3H2,1H3;;;/q-3;3*+1. The maximum atomic E-state index is 9.67. The molecule has 0 unspecified atom stereocenters. The molecule has 0 rings (SSSR count). The summed E-state index contributed by atoms with van der Waals surface area (Å²) < 4.78 is 3.85. The molecule has 0 spiro atoms. The van der Waals surface area contributed by atoms with Crippen LogP contribution in [0.15, 0.2) is 0 Å². The van der Waals surface area contributed by atoms with E-state index in [4.69, 9.17) is 0 Å². The molecular weight excluding hydrogens is 385 g/mol. The van der Waals surface area contributed by atoms with Crippen molar-refractivity contribution in [1.29, 1.82) is 0 Å². The second kappa shape index (κ2) is 15.5. The molecule has 0 amide bonds. The molecule has 0 saturated heterocycles. The molecule has 0 saturated carbocycles. The molecule has 0 aliphatic carbocycles. The molecule has 0 aliphatic heterocycles. The minimum absolute atomic E-state index is 0. The van der Waals surface area contributed by atoms with Crippen LogP contribution in [0.3, 0.4) is 0 Å². The van der Waals surface area contributed by atoms with Crippen LogP contribution in [0.25, 0.3) is 0 Å². The molecule has 0 fully saturated rings. The Kier molecular flexibility index (Phi) is 35.7. The van der Waals surface area contributed by atoms with Crippen LogP contribution >= 0.6 is 0 Å². The van der Waals surface area contributed by atoms with E-state index < -0.39 is 9.05 Å². The van der Waals surface area contributed by atoms with Crippen molar-refractivity contribution in [1.82, 2.24) is 0 Å². The summed E-state index contributed by atoms with van der Waals surface area (Å²) in [7, 11) is -4.93. The van der Waals surface area contributed by atoms with Crippen LogP contribution in [0.2, 0.25) is 0 Å². The summed E-state index contributed by atoms with van der Waals surface area (Å²) in [6.45, 7) is 1.73. The summed E-state index contributed by atoms with van der Waals surface area (Å²) in [5.41, 5.74) is 0. The summed E-state index contributed by atoms with van der Waals surface area (Å²) in [6, 6.07) is 0. The average molecular weight is 392 g/mol. The van der Waals surface area contributed by atoms with Gasteiger partial charge in [0.15, 0.2) is 0 Å². The Balaban J connectivity index is -0.0000000817. The van der Waals surface area contributed by atoms with Crippen molar-refractivity contribution in [3.05, 3.63) is 0 Å². The zero-order valence-corrected chi connectivity index (χ0v) is 23.3. The van der Waals surface area contributed by atoms with Crippen LogP contribution in [0.5, 0.6) is 0 Å². The fraction of sp³-hybridized carbons (Fsp3) is 1.00. The van der Waals surface area contributed by atoms with Gasteiger partial charge in [0.05, 0.1) is 0 Å². The monoisotopic (exact) mass is 390 g/mol. The van der Waals surface area contributed by atoms with Gasteiger partial charge in [-0.1, -0.05) is 6.92 Å². The van der Waals surface area contributed by atoms with Crippen molar-refractivity contribution in [2.75, 3.05) is 6.61 Å². The largest absolute Gasteiger partial charge is 1.00 e. The summed E-state index contributed by atoms with van der Waals surface area (Å²) >= 11 is 0. The third kappa shape index (κ3) is 25.6. The fourth-order valence-corrected chi connectivity index (χ4v) is 0.681. The first kappa shape index (κ1) is 25.3. The van der Waals surface area contributed by atoms with E-state index in [1.165, 1.54) is 0 Å². The summed E-state index contributed by atoms with van der Waals surface area (Å²) in [5, 5.41) is 0. The zero-order chi connectivity index (χ0) is 6.62. The quantitative estimate of drug-likeness (QED) is 0.448. The maximum Gasteiger partial charge on any atom is 1.00 e. The van der Waals surface area contributed by atoms with Crippen molar-refractivity contribution in [2.24, 2.45) is 0 Å².